The summed E-state index contributed by atoms with van der Waals surface area (Å²) in [4.78, 5) is 0. The van der Waals surface area contributed by atoms with Crippen LogP contribution in [0.15, 0.2) is 0 Å². The summed E-state index contributed by atoms with van der Waals surface area (Å²) in [6, 6.07) is 0. The molecule has 58 valence electrons. The van der Waals surface area contributed by atoms with E-state index in [1.54, 1.807) is 0 Å². The van der Waals surface area contributed by atoms with Gasteiger partial charge in [-0.25, -0.2) is 0 Å². The van der Waals surface area contributed by atoms with E-state index in [0.29, 0.717) is 0 Å². The van der Waals surface area contributed by atoms with Crippen LogP contribution in [0.4, 0.5) is 0 Å². The fourth-order valence-corrected chi connectivity index (χ4v) is 0.250. The van der Waals surface area contributed by atoms with Crippen LogP contribution < -0.4 is 5.32 Å². The van der Waals surface area contributed by atoms with Crippen molar-refractivity contribution in [3.05, 3.63) is 0 Å². The monoisotopic (exact) mass is 155 g/mol. The fraction of sp³-hybridized carbons (Fsp3) is 1.00. The number of hydrogen-bond donors (Lipinski definition) is 3. The summed E-state index contributed by atoms with van der Waals surface area (Å²) in [5, 5.41) is 3.11. The molecule has 9 heavy (non-hydrogen) atoms. The largest absolute Gasteiger partial charge is 0.317 e. The highest BCUT2D eigenvalue weighted by Crippen LogP contribution is 1.47. The van der Waals surface area contributed by atoms with E-state index in [0.717, 1.165) is 13.1 Å². The van der Waals surface area contributed by atoms with Crippen LogP contribution in [0, 0.1) is 0 Å². The first kappa shape index (κ1) is 11.8. The van der Waals surface area contributed by atoms with Gasteiger partial charge in [0.15, 0.2) is 0 Å². The zero-order valence-corrected chi connectivity index (χ0v) is 6.44. The van der Waals surface area contributed by atoms with Crippen LogP contribution in [-0.2, 0) is 11.4 Å². The summed E-state index contributed by atoms with van der Waals surface area (Å²) < 4.78 is 22.8. The second-order valence-corrected chi connectivity index (χ2v) is 1.65. The Hall–Kier alpha value is 0.0300. The van der Waals surface area contributed by atoms with Crippen molar-refractivity contribution in [2.45, 2.75) is 13.8 Å². The van der Waals surface area contributed by atoms with Crippen LogP contribution in [0.2, 0.25) is 0 Å². The SMILES string of the molecule is CCNCC.O=S(O)O. The van der Waals surface area contributed by atoms with E-state index in [-0.39, 0.29) is 0 Å². The Kier molecular flexibility index (Phi) is 14.3. The molecule has 4 nitrogen and oxygen atoms in total. The second kappa shape index (κ2) is 10.9. The minimum Gasteiger partial charge on any atom is -0.317 e. The summed E-state index contributed by atoms with van der Waals surface area (Å²) >= 11 is -2.61. The molecule has 0 fully saturated rings. The molecule has 0 aromatic rings. The van der Waals surface area contributed by atoms with Crippen molar-refractivity contribution in [1.29, 1.82) is 0 Å². The van der Waals surface area contributed by atoms with Gasteiger partial charge in [0.25, 0.3) is 11.4 Å². The lowest BCUT2D eigenvalue weighted by Gasteiger charge is -1.86. The Balaban J connectivity index is 0. The lowest BCUT2D eigenvalue weighted by molar-refractivity contribution is 0.454. The fourth-order valence-electron chi connectivity index (χ4n) is 0.250. The summed E-state index contributed by atoms with van der Waals surface area (Å²) in [6.45, 7) is 6.39. The molecule has 0 aliphatic carbocycles. The molecule has 0 heterocycles. The van der Waals surface area contributed by atoms with Crippen molar-refractivity contribution < 1.29 is 13.3 Å². The Morgan fingerprint density at radius 2 is 1.56 bits per heavy atom. The third-order valence-corrected chi connectivity index (χ3v) is 0.500. The van der Waals surface area contributed by atoms with Crippen molar-refractivity contribution in [2.75, 3.05) is 13.1 Å². The van der Waals surface area contributed by atoms with Crippen molar-refractivity contribution >= 4 is 11.4 Å². The first-order chi connectivity index (χ1) is 4.15. The molecular weight excluding hydrogens is 142 g/mol. The Morgan fingerprint density at radius 3 is 1.56 bits per heavy atom. The van der Waals surface area contributed by atoms with Crippen LogP contribution in [-0.4, -0.2) is 26.4 Å². The van der Waals surface area contributed by atoms with Crippen LogP contribution in [0.1, 0.15) is 13.8 Å². The molecule has 0 aliphatic heterocycles. The third-order valence-electron chi connectivity index (χ3n) is 0.500. The van der Waals surface area contributed by atoms with Gasteiger partial charge >= 0.3 is 0 Å². The van der Waals surface area contributed by atoms with E-state index in [9.17, 15) is 0 Å². The lowest BCUT2D eigenvalue weighted by atomic mass is 10.7. The topological polar surface area (TPSA) is 69.6 Å². The zero-order valence-electron chi connectivity index (χ0n) is 5.63. The normalized spacial score (nSPS) is 8.56. The van der Waals surface area contributed by atoms with Gasteiger partial charge in [0.1, 0.15) is 0 Å². The molecule has 0 spiro atoms. The van der Waals surface area contributed by atoms with E-state index < -0.39 is 11.4 Å². The average Bonchev–Trinajstić information content (AvgIpc) is 1.66. The van der Waals surface area contributed by atoms with Crippen molar-refractivity contribution in [2.24, 2.45) is 0 Å². The molecule has 0 bridgehead atoms. The number of rotatable bonds is 2. The molecular formula is C4H13NO3S. The maximum absolute atomic E-state index is 8.67. The summed E-state index contributed by atoms with van der Waals surface area (Å²) in [7, 11) is 0. The molecule has 0 amide bonds. The molecule has 0 aromatic heterocycles. The third kappa shape index (κ3) is 70.9. The molecule has 0 rings (SSSR count). The number of hydrogen-bond acceptors (Lipinski definition) is 2. The molecule has 0 atom stereocenters. The van der Waals surface area contributed by atoms with Crippen molar-refractivity contribution in [3.63, 3.8) is 0 Å². The standard InChI is InChI=1S/C4H11N.H2O3S/c1-3-5-4-2;1-4(2)3/h5H,3-4H2,1-2H3;(H2,1,2,3). The predicted molar refractivity (Wildman–Crippen MR) is 37.6 cm³/mol. The van der Waals surface area contributed by atoms with Crippen LogP contribution in [0.25, 0.3) is 0 Å². The van der Waals surface area contributed by atoms with Gasteiger partial charge in [-0.05, 0) is 13.1 Å². The van der Waals surface area contributed by atoms with Crippen LogP contribution in [0.3, 0.4) is 0 Å². The summed E-state index contributed by atoms with van der Waals surface area (Å²) in [5.41, 5.74) is 0. The molecule has 5 heteroatoms. The molecule has 0 saturated heterocycles. The second-order valence-electron chi connectivity index (χ2n) is 1.19. The Morgan fingerprint density at radius 1 is 1.33 bits per heavy atom. The van der Waals surface area contributed by atoms with E-state index in [1.807, 2.05) is 0 Å². The van der Waals surface area contributed by atoms with Gasteiger partial charge in [0.2, 0.25) is 0 Å². The van der Waals surface area contributed by atoms with Crippen molar-refractivity contribution in [1.82, 2.24) is 5.32 Å². The van der Waals surface area contributed by atoms with Crippen LogP contribution in [0.5, 0.6) is 0 Å². The molecule has 0 radical (unpaired) electrons. The van der Waals surface area contributed by atoms with Gasteiger partial charge in [-0.2, -0.15) is 4.21 Å². The Labute approximate surface area is 57.8 Å². The van der Waals surface area contributed by atoms with Gasteiger partial charge in [0.05, 0.1) is 0 Å². The highest BCUT2D eigenvalue weighted by molar-refractivity contribution is 7.73. The predicted octanol–water partition coefficient (Wildman–Crippen LogP) is 0.297. The zero-order chi connectivity index (χ0) is 7.70. The van der Waals surface area contributed by atoms with Gasteiger partial charge in [-0.1, -0.05) is 13.8 Å². The minimum absolute atomic E-state index is 1.09. The maximum atomic E-state index is 8.67. The highest BCUT2D eigenvalue weighted by atomic mass is 32.2. The van der Waals surface area contributed by atoms with Crippen LogP contribution >= 0.6 is 0 Å². The lowest BCUT2D eigenvalue weighted by Crippen LogP contribution is -2.09. The van der Waals surface area contributed by atoms with E-state index >= 15 is 0 Å². The quantitative estimate of drug-likeness (QED) is 0.501. The number of nitrogens with one attached hydrogen (secondary N) is 1. The molecule has 0 aliphatic rings. The highest BCUT2D eigenvalue weighted by Gasteiger charge is 1.63. The Bertz CT molecular complexity index is 62.8. The first-order valence-corrected chi connectivity index (χ1v) is 3.72. The van der Waals surface area contributed by atoms with Crippen molar-refractivity contribution in [3.8, 4) is 0 Å². The molecule has 0 unspecified atom stereocenters. The molecule has 0 aromatic carbocycles. The smallest absolute Gasteiger partial charge is 0.299 e. The summed E-state index contributed by atoms with van der Waals surface area (Å²) in [6.07, 6.45) is 0. The van der Waals surface area contributed by atoms with Gasteiger partial charge < -0.3 is 5.32 Å². The van der Waals surface area contributed by atoms with Gasteiger partial charge in [-0.3, -0.25) is 9.11 Å². The maximum Gasteiger partial charge on any atom is 0.299 e. The van der Waals surface area contributed by atoms with Gasteiger partial charge in [0, 0.05) is 0 Å². The minimum atomic E-state index is -2.61. The van der Waals surface area contributed by atoms with E-state index in [2.05, 4.69) is 19.2 Å². The average molecular weight is 155 g/mol. The van der Waals surface area contributed by atoms with E-state index in [1.165, 1.54) is 0 Å². The first-order valence-electron chi connectivity index (χ1n) is 2.65. The van der Waals surface area contributed by atoms with E-state index in [4.69, 9.17) is 13.3 Å². The molecule has 0 saturated carbocycles. The summed E-state index contributed by atoms with van der Waals surface area (Å²) in [5.74, 6) is 0. The molecule has 3 N–H and O–H groups in total. The van der Waals surface area contributed by atoms with Gasteiger partial charge in [-0.15, -0.1) is 0 Å².